The highest BCUT2D eigenvalue weighted by atomic mass is 79.9. The first-order chi connectivity index (χ1) is 6.65. The third-order valence-corrected chi connectivity index (χ3v) is 2.16. The van der Waals surface area contributed by atoms with Crippen LogP contribution in [0.25, 0.3) is 0 Å². The fourth-order valence-electron chi connectivity index (χ4n) is 0.801. The van der Waals surface area contributed by atoms with Gasteiger partial charge in [-0.1, -0.05) is 13.8 Å². The highest BCUT2D eigenvalue weighted by molar-refractivity contribution is 9.10. The molecule has 0 unspecified atom stereocenters. The topological polar surface area (TPSA) is 73.1 Å². The first-order valence-electron chi connectivity index (χ1n) is 4.25. The molecular formula is C8H13BrN4O. The van der Waals surface area contributed by atoms with E-state index in [0.717, 1.165) is 0 Å². The Bertz CT molecular complexity index is 305. The van der Waals surface area contributed by atoms with Crippen LogP contribution >= 0.6 is 15.9 Å². The van der Waals surface area contributed by atoms with E-state index < -0.39 is 0 Å². The number of nitrogen functional groups attached to an aromatic ring is 1. The molecule has 0 aliphatic carbocycles. The smallest absolute Gasteiger partial charge is 0.233 e. The number of halogens is 1. The van der Waals surface area contributed by atoms with Crippen LogP contribution in [0.2, 0.25) is 0 Å². The molecule has 1 rings (SSSR count). The Morgan fingerprint density at radius 3 is 2.86 bits per heavy atom. The van der Waals surface area contributed by atoms with Crippen molar-refractivity contribution < 1.29 is 4.74 Å². The van der Waals surface area contributed by atoms with Crippen LogP contribution in [0.3, 0.4) is 0 Å². The minimum Gasteiger partial charge on any atom is -0.476 e. The van der Waals surface area contributed by atoms with Crippen LogP contribution < -0.4 is 16.0 Å². The Balaban J connectivity index is 2.76. The van der Waals surface area contributed by atoms with Crippen LogP contribution in [-0.2, 0) is 0 Å². The highest BCUT2D eigenvalue weighted by Gasteiger charge is 2.08. The number of rotatable bonds is 4. The van der Waals surface area contributed by atoms with Gasteiger partial charge in [0.2, 0.25) is 5.88 Å². The lowest BCUT2D eigenvalue weighted by Gasteiger charge is -2.10. The van der Waals surface area contributed by atoms with Gasteiger partial charge < -0.3 is 10.2 Å². The van der Waals surface area contributed by atoms with E-state index in [0.29, 0.717) is 28.7 Å². The van der Waals surface area contributed by atoms with Crippen LogP contribution in [0.4, 0.5) is 5.82 Å². The Kier molecular flexibility index (Phi) is 4.09. The molecule has 78 valence electrons. The molecule has 1 heterocycles. The molecule has 0 aromatic carbocycles. The molecule has 0 atom stereocenters. The van der Waals surface area contributed by atoms with Crippen molar-refractivity contribution in [3.05, 3.63) is 10.8 Å². The van der Waals surface area contributed by atoms with Crippen molar-refractivity contribution in [2.45, 2.75) is 13.8 Å². The van der Waals surface area contributed by atoms with Crippen LogP contribution in [-0.4, -0.2) is 16.6 Å². The minimum absolute atomic E-state index is 0.450. The summed E-state index contributed by atoms with van der Waals surface area (Å²) < 4.78 is 6.09. The fraction of sp³-hybridized carbons (Fsp3) is 0.500. The van der Waals surface area contributed by atoms with Gasteiger partial charge in [0.25, 0.3) is 0 Å². The summed E-state index contributed by atoms with van der Waals surface area (Å²) in [6.07, 6.45) is 1.40. The maximum atomic E-state index is 5.45. The second-order valence-electron chi connectivity index (χ2n) is 3.19. The molecule has 0 aliphatic heterocycles. The summed E-state index contributed by atoms with van der Waals surface area (Å²) in [6.45, 7) is 4.74. The molecule has 1 aromatic rings. The molecule has 0 amide bonds. The summed E-state index contributed by atoms with van der Waals surface area (Å²) >= 11 is 3.30. The molecule has 14 heavy (non-hydrogen) atoms. The zero-order chi connectivity index (χ0) is 10.6. The van der Waals surface area contributed by atoms with Gasteiger partial charge in [-0.25, -0.2) is 15.8 Å². The lowest BCUT2D eigenvalue weighted by molar-refractivity contribution is 0.259. The molecule has 6 heteroatoms. The van der Waals surface area contributed by atoms with Crippen molar-refractivity contribution in [2.24, 2.45) is 11.8 Å². The van der Waals surface area contributed by atoms with Gasteiger partial charge in [0.05, 0.1) is 6.61 Å². The maximum Gasteiger partial charge on any atom is 0.233 e. The molecule has 0 radical (unpaired) electrons. The lowest BCUT2D eigenvalue weighted by Crippen LogP contribution is -2.11. The highest BCUT2D eigenvalue weighted by Crippen LogP contribution is 2.27. The van der Waals surface area contributed by atoms with Crippen molar-refractivity contribution in [3.63, 3.8) is 0 Å². The van der Waals surface area contributed by atoms with E-state index in [1.807, 2.05) is 0 Å². The molecular weight excluding hydrogens is 248 g/mol. The predicted molar refractivity (Wildman–Crippen MR) is 57.9 cm³/mol. The molecule has 0 aliphatic rings. The summed E-state index contributed by atoms with van der Waals surface area (Å²) in [5.41, 5.74) is 2.45. The summed E-state index contributed by atoms with van der Waals surface area (Å²) in [6, 6.07) is 0. The molecule has 3 N–H and O–H groups in total. The van der Waals surface area contributed by atoms with Gasteiger partial charge in [-0.05, 0) is 21.8 Å². The largest absolute Gasteiger partial charge is 0.476 e. The van der Waals surface area contributed by atoms with Crippen molar-refractivity contribution >= 4 is 21.7 Å². The number of ether oxygens (including phenoxy) is 1. The second-order valence-corrected chi connectivity index (χ2v) is 3.98. The SMILES string of the molecule is CC(C)COc1ncnc(NN)c1Br. The number of hydrogen-bond donors (Lipinski definition) is 2. The van der Waals surface area contributed by atoms with Gasteiger partial charge in [-0.2, -0.15) is 0 Å². The van der Waals surface area contributed by atoms with Gasteiger partial charge in [-0.3, -0.25) is 0 Å². The van der Waals surface area contributed by atoms with Gasteiger partial charge in [0, 0.05) is 0 Å². The quantitative estimate of drug-likeness (QED) is 0.635. The number of nitrogens with zero attached hydrogens (tertiary/aromatic N) is 2. The van der Waals surface area contributed by atoms with E-state index in [4.69, 9.17) is 10.6 Å². The monoisotopic (exact) mass is 260 g/mol. The fourth-order valence-corrected chi connectivity index (χ4v) is 1.23. The van der Waals surface area contributed by atoms with E-state index in [1.165, 1.54) is 6.33 Å². The zero-order valence-corrected chi connectivity index (χ0v) is 9.71. The normalized spacial score (nSPS) is 10.4. The average Bonchev–Trinajstić information content (AvgIpc) is 2.16. The summed E-state index contributed by atoms with van der Waals surface area (Å²) in [5, 5.41) is 0. The molecule has 0 saturated carbocycles. The van der Waals surface area contributed by atoms with Crippen molar-refractivity contribution in [1.82, 2.24) is 9.97 Å². The summed E-state index contributed by atoms with van der Waals surface area (Å²) in [5.74, 6) is 6.71. The number of nitrogens with two attached hydrogens (primary N) is 1. The molecule has 0 spiro atoms. The second kappa shape index (κ2) is 5.11. The number of hydrogen-bond acceptors (Lipinski definition) is 5. The van der Waals surface area contributed by atoms with E-state index >= 15 is 0 Å². The van der Waals surface area contributed by atoms with Gasteiger partial charge in [0.1, 0.15) is 10.8 Å². The van der Waals surface area contributed by atoms with E-state index in [-0.39, 0.29) is 0 Å². The van der Waals surface area contributed by atoms with E-state index in [2.05, 4.69) is 45.2 Å². The van der Waals surface area contributed by atoms with Crippen molar-refractivity contribution in [3.8, 4) is 5.88 Å². The minimum atomic E-state index is 0.450. The van der Waals surface area contributed by atoms with Crippen LogP contribution in [0.5, 0.6) is 5.88 Å². The van der Waals surface area contributed by atoms with Crippen LogP contribution in [0.15, 0.2) is 10.8 Å². The first kappa shape index (κ1) is 11.2. The Morgan fingerprint density at radius 1 is 1.57 bits per heavy atom. The van der Waals surface area contributed by atoms with Crippen LogP contribution in [0, 0.1) is 5.92 Å². The Morgan fingerprint density at radius 2 is 2.29 bits per heavy atom. The Labute approximate surface area is 91.2 Å². The van der Waals surface area contributed by atoms with Gasteiger partial charge >= 0.3 is 0 Å². The number of hydrazine groups is 1. The summed E-state index contributed by atoms with van der Waals surface area (Å²) in [4.78, 5) is 7.89. The van der Waals surface area contributed by atoms with E-state index in [9.17, 15) is 0 Å². The third-order valence-electron chi connectivity index (χ3n) is 1.45. The van der Waals surface area contributed by atoms with Gasteiger partial charge in [0.15, 0.2) is 5.82 Å². The average molecular weight is 261 g/mol. The maximum absolute atomic E-state index is 5.45. The van der Waals surface area contributed by atoms with Gasteiger partial charge in [-0.15, -0.1) is 0 Å². The molecule has 0 bridgehead atoms. The van der Waals surface area contributed by atoms with Crippen LogP contribution in [0.1, 0.15) is 13.8 Å². The third kappa shape index (κ3) is 2.81. The lowest BCUT2D eigenvalue weighted by atomic mass is 10.2. The number of nitrogens with one attached hydrogen (secondary N) is 1. The number of aromatic nitrogens is 2. The zero-order valence-electron chi connectivity index (χ0n) is 8.12. The molecule has 0 saturated heterocycles. The molecule has 1 aromatic heterocycles. The summed E-state index contributed by atoms with van der Waals surface area (Å²) in [7, 11) is 0. The first-order valence-corrected chi connectivity index (χ1v) is 5.04. The molecule has 0 fully saturated rings. The van der Waals surface area contributed by atoms with Crippen molar-refractivity contribution in [2.75, 3.05) is 12.0 Å². The van der Waals surface area contributed by atoms with Crippen molar-refractivity contribution in [1.29, 1.82) is 0 Å². The Hall–Kier alpha value is -0.880. The standard InChI is InChI=1S/C8H13BrN4O/c1-5(2)3-14-8-6(9)7(13-10)11-4-12-8/h4-5H,3,10H2,1-2H3,(H,11,12,13). The van der Waals surface area contributed by atoms with E-state index in [1.54, 1.807) is 0 Å². The number of anilines is 1. The predicted octanol–water partition coefficient (Wildman–Crippen LogP) is 1.56. The molecule has 5 nitrogen and oxygen atoms in total.